The van der Waals surface area contributed by atoms with E-state index in [1.165, 1.54) is 4.90 Å². The summed E-state index contributed by atoms with van der Waals surface area (Å²) in [6.07, 6.45) is 0. The lowest BCUT2D eigenvalue weighted by Gasteiger charge is -2.20. The SMILES string of the molecule is Cc1c(CN2C(=O)c3ccccc3C2=O)cccc1-c1ccc2c(c1)OCCO2. The van der Waals surface area contributed by atoms with Gasteiger partial charge in [-0.15, -0.1) is 0 Å². The lowest BCUT2D eigenvalue weighted by Crippen LogP contribution is -2.29. The van der Waals surface area contributed by atoms with E-state index in [1.807, 2.05) is 43.3 Å². The van der Waals surface area contributed by atoms with Crippen LogP contribution in [0, 0.1) is 6.92 Å². The van der Waals surface area contributed by atoms with E-state index in [2.05, 4.69) is 0 Å². The number of ether oxygens (including phenoxy) is 2. The molecule has 0 atom stereocenters. The fourth-order valence-electron chi connectivity index (χ4n) is 3.93. The summed E-state index contributed by atoms with van der Waals surface area (Å²) < 4.78 is 11.3. The molecule has 5 rings (SSSR count). The van der Waals surface area contributed by atoms with Crippen LogP contribution in [0.2, 0.25) is 0 Å². The summed E-state index contributed by atoms with van der Waals surface area (Å²) in [7, 11) is 0. The van der Waals surface area contributed by atoms with Gasteiger partial charge in [0, 0.05) is 0 Å². The highest BCUT2D eigenvalue weighted by Crippen LogP contribution is 2.36. The maximum Gasteiger partial charge on any atom is 0.261 e. The van der Waals surface area contributed by atoms with Gasteiger partial charge in [0.2, 0.25) is 0 Å². The van der Waals surface area contributed by atoms with E-state index in [9.17, 15) is 9.59 Å². The molecule has 2 heterocycles. The summed E-state index contributed by atoms with van der Waals surface area (Å²) >= 11 is 0. The van der Waals surface area contributed by atoms with E-state index in [1.54, 1.807) is 24.3 Å². The minimum absolute atomic E-state index is 0.241. The first-order valence-electron chi connectivity index (χ1n) is 9.57. The first-order valence-corrected chi connectivity index (χ1v) is 9.57. The van der Waals surface area contributed by atoms with Gasteiger partial charge in [-0.25, -0.2) is 0 Å². The Balaban J connectivity index is 1.48. The molecule has 0 unspecified atom stereocenters. The zero-order chi connectivity index (χ0) is 20.0. The number of carbonyl (C=O) groups excluding carboxylic acids is 2. The summed E-state index contributed by atoms with van der Waals surface area (Å²) in [4.78, 5) is 26.7. The molecule has 0 aliphatic carbocycles. The molecule has 3 aromatic carbocycles. The third-order valence-electron chi connectivity index (χ3n) is 5.51. The standard InChI is InChI=1S/C24H19NO4/c1-15-17(14-25-23(26)19-6-2-3-7-20(19)24(25)27)5-4-8-18(15)16-9-10-21-22(13-16)29-12-11-28-21/h2-10,13H,11-12,14H2,1H3. The van der Waals surface area contributed by atoms with Gasteiger partial charge in [-0.2, -0.15) is 0 Å². The second-order valence-electron chi connectivity index (χ2n) is 7.19. The molecule has 0 bridgehead atoms. The van der Waals surface area contributed by atoms with Crippen molar-refractivity contribution in [3.05, 3.63) is 82.9 Å². The normalized spacial score (nSPS) is 14.9. The van der Waals surface area contributed by atoms with Crippen LogP contribution in [0.3, 0.4) is 0 Å². The Hall–Kier alpha value is -3.60. The summed E-state index contributed by atoms with van der Waals surface area (Å²) in [6.45, 7) is 3.35. The molecule has 2 aliphatic heterocycles. The van der Waals surface area contributed by atoms with Gasteiger partial charge >= 0.3 is 0 Å². The van der Waals surface area contributed by atoms with Gasteiger partial charge in [0.15, 0.2) is 11.5 Å². The first-order chi connectivity index (χ1) is 14.1. The molecule has 0 saturated carbocycles. The second-order valence-corrected chi connectivity index (χ2v) is 7.19. The minimum Gasteiger partial charge on any atom is -0.486 e. The number of hydrogen-bond donors (Lipinski definition) is 0. The van der Waals surface area contributed by atoms with Crippen molar-refractivity contribution in [3.8, 4) is 22.6 Å². The smallest absolute Gasteiger partial charge is 0.261 e. The first kappa shape index (κ1) is 17.5. The molecule has 5 heteroatoms. The number of benzene rings is 3. The predicted molar refractivity (Wildman–Crippen MR) is 108 cm³/mol. The fourth-order valence-corrected chi connectivity index (χ4v) is 3.93. The number of imide groups is 1. The van der Waals surface area contributed by atoms with Crippen molar-refractivity contribution in [1.29, 1.82) is 0 Å². The lowest BCUT2D eigenvalue weighted by atomic mass is 9.96. The molecule has 2 aliphatic rings. The highest BCUT2D eigenvalue weighted by Gasteiger charge is 2.35. The van der Waals surface area contributed by atoms with E-state index < -0.39 is 0 Å². The third-order valence-corrected chi connectivity index (χ3v) is 5.51. The molecule has 0 fully saturated rings. The molecule has 29 heavy (non-hydrogen) atoms. The van der Waals surface area contributed by atoms with Crippen LogP contribution in [0.15, 0.2) is 60.7 Å². The summed E-state index contributed by atoms with van der Waals surface area (Å²) in [5, 5.41) is 0. The van der Waals surface area contributed by atoms with E-state index >= 15 is 0 Å². The van der Waals surface area contributed by atoms with Crippen LogP contribution in [-0.4, -0.2) is 29.9 Å². The quantitative estimate of drug-likeness (QED) is 0.633. The van der Waals surface area contributed by atoms with Crippen LogP contribution in [0.5, 0.6) is 11.5 Å². The van der Waals surface area contributed by atoms with E-state index in [0.717, 1.165) is 33.8 Å². The molecular formula is C24H19NO4. The molecule has 0 aromatic heterocycles. The van der Waals surface area contributed by atoms with Gasteiger partial charge in [-0.05, 0) is 53.4 Å². The van der Waals surface area contributed by atoms with Gasteiger partial charge < -0.3 is 9.47 Å². The molecule has 0 saturated heterocycles. The number of carbonyl (C=O) groups is 2. The second kappa shape index (κ2) is 6.78. The molecule has 3 aromatic rings. The van der Waals surface area contributed by atoms with Gasteiger partial charge in [-0.3, -0.25) is 14.5 Å². The molecule has 0 radical (unpaired) electrons. The zero-order valence-electron chi connectivity index (χ0n) is 16.0. The number of fused-ring (bicyclic) bond motifs is 2. The van der Waals surface area contributed by atoms with Crippen molar-refractivity contribution in [2.45, 2.75) is 13.5 Å². The summed E-state index contributed by atoms with van der Waals surface area (Å²) in [5.41, 5.74) is 4.95. The highest BCUT2D eigenvalue weighted by atomic mass is 16.6. The Morgan fingerprint density at radius 1 is 0.793 bits per heavy atom. The Kier molecular flexibility index (Phi) is 4.09. The van der Waals surface area contributed by atoms with Crippen LogP contribution in [0.4, 0.5) is 0 Å². The van der Waals surface area contributed by atoms with Gasteiger partial charge in [0.1, 0.15) is 13.2 Å². The van der Waals surface area contributed by atoms with E-state index in [0.29, 0.717) is 24.3 Å². The van der Waals surface area contributed by atoms with Crippen molar-refractivity contribution in [2.75, 3.05) is 13.2 Å². The van der Waals surface area contributed by atoms with Gasteiger partial charge in [0.05, 0.1) is 17.7 Å². The van der Waals surface area contributed by atoms with Crippen LogP contribution in [-0.2, 0) is 6.54 Å². The minimum atomic E-state index is -0.241. The third kappa shape index (κ3) is 2.86. The van der Waals surface area contributed by atoms with Crippen LogP contribution < -0.4 is 9.47 Å². The van der Waals surface area contributed by atoms with Crippen LogP contribution >= 0.6 is 0 Å². The Bertz CT molecular complexity index is 1120. The highest BCUT2D eigenvalue weighted by molar-refractivity contribution is 6.21. The lowest BCUT2D eigenvalue weighted by molar-refractivity contribution is 0.0642. The number of nitrogens with zero attached hydrogens (tertiary/aromatic N) is 1. The Labute approximate surface area is 168 Å². The Morgan fingerprint density at radius 2 is 1.45 bits per heavy atom. The van der Waals surface area contributed by atoms with Crippen molar-refractivity contribution in [1.82, 2.24) is 4.90 Å². The summed E-state index contributed by atoms with van der Waals surface area (Å²) in [6, 6.07) is 18.8. The van der Waals surface area contributed by atoms with Crippen molar-refractivity contribution < 1.29 is 19.1 Å². The zero-order valence-corrected chi connectivity index (χ0v) is 16.0. The molecule has 5 nitrogen and oxygen atoms in total. The average molecular weight is 385 g/mol. The van der Waals surface area contributed by atoms with E-state index in [4.69, 9.17) is 9.47 Å². The van der Waals surface area contributed by atoms with Crippen molar-refractivity contribution in [2.24, 2.45) is 0 Å². The maximum absolute atomic E-state index is 12.7. The average Bonchev–Trinajstić information content (AvgIpc) is 3.00. The maximum atomic E-state index is 12.7. The molecule has 144 valence electrons. The monoisotopic (exact) mass is 385 g/mol. The molecule has 0 N–H and O–H groups in total. The molecular weight excluding hydrogens is 366 g/mol. The largest absolute Gasteiger partial charge is 0.486 e. The van der Waals surface area contributed by atoms with E-state index in [-0.39, 0.29) is 18.4 Å². The van der Waals surface area contributed by atoms with Gasteiger partial charge in [0.25, 0.3) is 11.8 Å². The predicted octanol–water partition coefficient (Wildman–Crippen LogP) is 4.23. The van der Waals surface area contributed by atoms with Crippen molar-refractivity contribution in [3.63, 3.8) is 0 Å². The molecule has 0 spiro atoms. The number of hydrogen-bond acceptors (Lipinski definition) is 4. The van der Waals surface area contributed by atoms with Gasteiger partial charge in [-0.1, -0.05) is 36.4 Å². The number of rotatable bonds is 3. The fraction of sp³-hybridized carbons (Fsp3) is 0.167. The topological polar surface area (TPSA) is 55.8 Å². The Morgan fingerprint density at radius 3 is 2.17 bits per heavy atom. The number of amides is 2. The van der Waals surface area contributed by atoms with Crippen molar-refractivity contribution >= 4 is 11.8 Å². The van der Waals surface area contributed by atoms with Crippen LogP contribution in [0.1, 0.15) is 31.8 Å². The molecule has 2 amide bonds. The van der Waals surface area contributed by atoms with Crippen LogP contribution in [0.25, 0.3) is 11.1 Å². The summed E-state index contributed by atoms with van der Waals surface area (Å²) in [5.74, 6) is 1.00.